The van der Waals surface area contributed by atoms with Gasteiger partial charge in [-0.15, -0.1) is 0 Å². The van der Waals surface area contributed by atoms with Crippen LogP contribution in [0.15, 0.2) is 0 Å². The quantitative estimate of drug-likeness (QED) is 0.745. The van der Waals surface area contributed by atoms with Crippen molar-refractivity contribution in [2.45, 2.75) is 70.1 Å². The van der Waals surface area contributed by atoms with Crippen LogP contribution in [0.4, 0.5) is 4.79 Å². The lowest BCUT2D eigenvalue weighted by Gasteiger charge is -2.30. The molecule has 0 bridgehead atoms. The Morgan fingerprint density at radius 1 is 1.00 bits per heavy atom. The summed E-state index contributed by atoms with van der Waals surface area (Å²) in [5.41, 5.74) is -1.42. The maximum Gasteiger partial charge on any atom is 0.408 e. The Kier molecular flexibility index (Phi) is 4.10. The lowest BCUT2D eigenvalue weighted by molar-refractivity contribution is -0.146. The highest BCUT2D eigenvalue weighted by Gasteiger charge is 2.67. The van der Waals surface area contributed by atoms with E-state index in [1.165, 1.54) is 6.92 Å². The van der Waals surface area contributed by atoms with E-state index in [1.54, 1.807) is 20.8 Å². The number of carbonyl (C=O) groups excluding carboxylic acids is 3. The van der Waals surface area contributed by atoms with Crippen LogP contribution < -0.4 is 10.6 Å². The molecule has 0 aromatic rings. The normalized spacial score (nSPS) is 20.5. The van der Waals surface area contributed by atoms with Crippen LogP contribution in [0.3, 0.4) is 0 Å². The van der Waals surface area contributed by atoms with Gasteiger partial charge in [0.1, 0.15) is 5.60 Å². The van der Waals surface area contributed by atoms with Crippen LogP contribution in [-0.2, 0) is 19.1 Å². The molecule has 124 valence electrons. The van der Waals surface area contributed by atoms with Crippen molar-refractivity contribution < 1.29 is 23.9 Å². The third-order valence-electron chi connectivity index (χ3n) is 3.94. The molecule has 22 heavy (non-hydrogen) atoms. The largest absolute Gasteiger partial charge is 0.456 e. The standard InChI is InChI=1S/C15H24N2O5/c1-10(18)21-9-11(19)16-14(5-6-14)15(7-8-15)17-12(20)22-13(2,3)4/h5-9H2,1-4H3,(H,16,19)(H,17,20). The monoisotopic (exact) mass is 312 g/mol. The fraction of sp³-hybridized carbons (Fsp3) is 0.800. The molecule has 2 aliphatic carbocycles. The number of esters is 1. The summed E-state index contributed by atoms with van der Waals surface area (Å²) in [7, 11) is 0. The van der Waals surface area contributed by atoms with E-state index in [-0.39, 0.29) is 12.5 Å². The Morgan fingerprint density at radius 3 is 1.91 bits per heavy atom. The zero-order chi connectivity index (χ0) is 16.6. The van der Waals surface area contributed by atoms with Crippen molar-refractivity contribution in [2.75, 3.05) is 6.61 Å². The van der Waals surface area contributed by atoms with Gasteiger partial charge in [-0.25, -0.2) is 4.79 Å². The number of hydrogen-bond donors (Lipinski definition) is 2. The van der Waals surface area contributed by atoms with Crippen LogP contribution in [0.25, 0.3) is 0 Å². The Balaban J connectivity index is 1.90. The number of carbonyl (C=O) groups is 3. The topological polar surface area (TPSA) is 93.7 Å². The second kappa shape index (κ2) is 5.44. The summed E-state index contributed by atoms with van der Waals surface area (Å²) in [5, 5.41) is 5.82. The summed E-state index contributed by atoms with van der Waals surface area (Å²) in [5.74, 6) is -0.835. The number of hydrogen-bond acceptors (Lipinski definition) is 5. The van der Waals surface area contributed by atoms with Gasteiger partial charge in [0, 0.05) is 6.92 Å². The molecule has 2 rings (SSSR count). The smallest absolute Gasteiger partial charge is 0.408 e. The molecule has 0 radical (unpaired) electrons. The molecule has 0 unspecified atom stereocenters. The van der Waals surface area contributed by atoms with Crippen molar-refractivity contribution in [3.8, 4) is 0 Å². The van der Waals surface area contributed by atoms with Gasteiger partial charge < -0.3 is 20.1 Å². The summed E-state index contributed by atoms with van der Waals surface area (Å²) in [4.78, 5) is 34.6. The van der Waals surface area contributed by atoms with E-state index in [1.807, 2.05) is 0 Å². The van der Waals surface area contributed by atoms with E-state index in [0.29, 0.717) is 0 Å². The first kappa shape index (κ1) is 16.6. The van der Waals surface area contributed by atoms with Gasteiger partial charge in [0.15, 0.2) is 6.61 Å². The highest BCUT2D eigenvalue weighted by molar-refractivity contribution is 5.81. The van der Waals surface area contributed by atoms with Gasteiger partial charge in [-0.1, -0.05) is 0 Å². The van der Waals surface area contributed by atoms with E-state index < -0.39 is 28.7 Å². The molecule has 0 saturated heterocycles. The Hall–Kier alpha value is -1.79. The van der Waals surface area contributed by atoms with Crippen LogP contribution >= 0.6 is 0 Å². The molecule has 0 heterocycles. The van der Waals surface area contributed by atoms with Crippen molar-refractivity contribution in [3.05, 3.63) is 0 Å². The number of ether oxygens (including phenoxy) is 2. The molecule has 0 aromatic carbocycles. The Labute approximate surface area is 130 Å². The number of alkyl carbamates (subject to hydrolysis) is 1. The summed E-state index contributed by atoms with van der Waals surface area (Å²) in [6.45, 7) is 6.38. The van der Waals surface area contributed by atoms with Crippen molar-refractivity contribution in [1.29, 1.82) is 0 Å². The van der Waals surface area contributed by atoms with Crippen molar-refractivity contribution >= 4 is 18.0 Å². The van der Waals surface area contributed by atoms with Crippen LogP contribution in [0, 0.1) is 0 Å². The molecular formula is C15H24N2O5. The first-order chi connectivity index (χ1) is 10.1. The van der Waals surface area contributed by atoms with Gasteiger partial charge in [0.05, 0.1) is 11.1 Å². The van der Waals surface area contributed by atoms with Gasteiger partial charge in [-0.05, 0) is 46.5 Å². The molecule has 2 N–H and O–H groups in total. The summed E-state index contributed by atoms with van der Waals surface area (Å²) in [6, 6.07) is 0. The minimum atomic E-state index is -0.560. The lowest BCUT2D eigenvalue weighted by Crippen LogP contribution is -2.57. The maximum atomic E-state index is 12.0. The molecule has 7 nitrogen and oxygen atoms in total. The molecular weight excluding hydrogens is 288 g/mol. The van der Waals surface area contributed by atoms with Gasteiger partial charge in [0.2, 0.25) is 0 Å². The highest BCUT2D eigenvalue weighted by atomic mass is 16.6. The molecule has 0 aliphatic heterocycles. The van der Waals surface area contributed by atoms with Crippen LogP contribution in [0.5, 0.6) is 0 Å². The first-order valence-corrected chi connectivity index (χ1v) is 7.53. The van der Waals surface area contributed by atoms with Gasteiger partial charge in [-0.3, -0.25) is 9.59 Å². The zero-order valence-corrected chi connectivity index (χ0v) is 13.6. The van der Waals surface area contributed by atoms with Crippen LogP contribution in [0.1, 0.15) is 53.4 Å². The predicted octanol–water partition coefficient (Wildman–Crippen LogP) is 1.26. The molecule has 2 saturated carbocycles. The number of rotatable bonds is 5. The molecule has 0 aromatic heterocycles. The third-order valence-corrected chi connectivity index (χ3v) is 3.94. The molecule has 7 heteroatoms. The Bertz CT molecular complexity index is 487. The van der Waals surface area contributed by atoms with Crippen LogP contribution in [0.2, 0.25) is 0 Å². The second-order valence-corrected chi connectivity index (χ2v) is 7.12. The first-order valence-electron chi connectivity index (χ1n) is 7.53. The van der Waals surface area contributed by atoms with Crippen molar-refractivity contribution in [3.63, 3.8) is 0 Å². The van der Waals surface area contributed by atoms with E-state index in [9.17, 15) is 14.4 Å². The zero-order valence-electron chi connectivity index (χ0n) is 13.6. The SMILES string of the molecule is CC(=O)OCC(=O)NC1(C2(NC(=O)OC(C)(C)C)CC2)CC1. The lowest BCUT2D eigenvalue weighted by atomic mass is 10.0. The minimum Gasteiger partial charge on any atom is -0.456 e. The fourth-order valence-electron chi connectivity index (χ4n) is 2.67. The average molecular weight is 312 g/mol. The average Bonchev–Trinajstić information content (AvgIpc) is 3.21. The molecule has 0 atom stereocenters. The van der Waals surface area contributed by atoms with E-state index >= 15 is 0 Å². The maximum absolute atomic E-state index is 12.0. The fourth-order valence-corrected chi connectivity index (χ4v) is 2.67. The third kappa shape index (κ3) is 3.90. The van der Waals surface area contributed by atoms with E-state index in [2.05, 4.69) is 10.6 Å². The molecule has 0 spiro atoms. The Morgan fingerprint density at radius 2 is 1.50 bits per heavy atom. The predicted molar refractivity (Wildman–Crippen MR) is 78.1 cm³/mol. The number of amides is 2. The van der Waals surface area contributed by atoms with Gasteiger partial charge >= 0.3 is 12.1 Å². The summed E-state index contributed by atoms with van der Waals surface area (Å²) >= 11 is 0. The minimum absolute atomic E-state index is 0.292. The molecule has 2 fully saturated rings. The van der Waals surface area contributed by atoms with Gasteiger partial charge in [0.25, 0.3) is 5.91 Å². The van der Waals surface area contributed by atoms with E-state index in [4.69, 9.17) is 9.47 Å². The van der Waals surface area contributed by atoms with E-state index in [0.717, 1.165) is 25.7 Å². The second-order valence-electron chi connectivity index (χ2n) is 7.12. The van der Waals surface area contributed by atoms with Crippen molar-refractivity contribution in [2.24, 2.45) is 0 Å². The molecule has 2 amide bonds. The highest BCUT2D eigenvalue weighted by Crippen LogP contribution is 2.57. The van der Waals surface area contributed by atoms with Crippen LogP contribution in [-0.4, -0.2) is 41.3 Å². The summed E-state index contributed by atoms with van der Waals surface area (Å²) < 4.78 is 9.98. The number of nitrogens with one attached hydrogen (secondary N) is 2. The van der Waals surface area contributed by atoms with Gasteiger partial charge in [-0.2, -0.15) is 0 Å². The molecule has 2 aliphatic rings. The summed E-state index contributed by atoms with van der Waals surface area (Å²) in [6.07, 6.45) is 2.74. The van der Waals surface area contributed by atoms with Crippen molar-refractivity contribution in [1.82, 2.24) is 10.6 Å².